The Morgan fingerprint density at radius 1 is 1.15 bits per heavy atom. The summed E-state index contributed by atoms with van der Waals surface area (Å²) in [6.07, 6.45) is 8.48. The first kappa shape index (κ1) is 17.2. The van der Waals surface area contributed by atoms with Crippen LogP contribution in [-0.4, -0.2) is 28.6 Å². The van der Waals surface area contributed by atoms with Gasteiger partial charge in [0.25, 0.3) is 0 Å². The highest BCUT2D eigenvalue weighted by atomic mass is 16.5. The normalized spacial score (nSPS) is 56.0. The predicted molar refractivity (Wildman–Crippen MR) is 96.5 cm³/mol. The van der Waals surface area contributed by atoms with Crippen LogP contribution in [0.3, 0.4) is 0 Å². The number of ketones is 1. The van der Waals surface area contributed by atoms with Crippen LogP contribution in [-0.2, 0) is 14.3 Å². The Kier molecular flexibility index (Phi) is 3.39. The second-order valence-electron chi connectivity index (χ2n) is 10.6. The molecule has 6 rings (SSSR count). The SMILES string of the molecule is CC(C(=O)O)C1CCC2C3CCC4CC5CCC4(C)C3(O5)C(=O)CC12C. The van der Waals surface area contributed by atoms with Gasteiger partial charge in [0.15, 0.2) is 5.78 Å². The van der Waals surface area contributed by atoms with Gasteiger partial charge in [-0.25, -0.2) is 0 Å². The highest BCUT2D eigenvalue weighted by Gasteiger charge is 2.74. The molecule has 4 bridgehead atoms. The van der Waals surface area contributed by atoms with Gasteiger partial charge in [-0.2, -0.15) is 0 Å². The first-order chi connectivity index (χ1) is 12.2. The lowest BCUT2D eigenvalue weighted by molar-refractivity contribution is -0.307. The first-order valence-corrected chi connectivity index (χ1v) is 10.7. The van der Waals surface area contributed by atoms with Gasteiger partial charge >= 0.3 is 5.97 Å². The van der Waals surface area contributed by atoms with Crippen molar-refractivity contribution in [3.63, 3.8) is 0 Å². The summed E-state index contributed by atoms with van der Waals surface area (Å²) in [5.74, 6) is 0.693. The molecule has 9 unspecified atom stereocenters. The third kappa shape index (κ3) is 1.76. The first-order valence-electron chi connectivity index (χ1n) is 10.7. The number of carboxylic acid groups (broad SMARTS) is 1. The molecule has 0 aromatic carbocycles. The van der Waals surface area contributed by atoms with Crippen LogP contribution in [0.15, 0.2) is 0 Å². The van der Waals surface area contributed by atoms with Gasteiger partial charge in [-0.3, -0.25) is 9.59 Å². The van der Waals surface area contributed by atoms with E-state index in [1.807, 2.05) is 6.92 Å². The fourth-order valence-corrected chi connectivity index (χ4v) is 8.65. The fourth-order valence-electron chi connectivity index (χ4n) is 8.65. The number of Topliss-reactive ketones (excluding diaryl/α,β-unsaturated/α-hetero) is 1. The molecule has 1 spiro atoms. The van der Waals surface area contributed by atoms with Gasteiger partial charge in [-0.1, -0.05) is 20.8 Å². The molecule has 4 nitrogen and oxygen atoms in total. The molecule has 0 aromatic heterocycles. The lowest BCUT2D eigenvalue weighted by atomic mass is 9.40. The summed E-state index contributed by atoms with van der Waals surface area (Å²) >= 11 is 0. The minimum absolute atomic E-state index is 0.000416. The standard InChI is InChI=1S/C22H32O4/c1-12(19(24)25)15-6-7-16-17-5-4-13-10-14-8-9-21(13,3)22(17,26-14)18(23)11-20(15,16)2/h12-17H,4-11H2,1-3H3,(H,24,25). The van der Waals surface area contributed by atoms with Crippen LogP contribution in [0.1, 0.15) is 72.1 Å². The van der Waals surface area contributed by atoms with E-state index in [0.717, 1.165) is 38.5 Å². The van der Waals surface area contributed by atoms with Crippen molar-refractivity contribution in [2.75, 3.05) is 0 Å². The molecule has 4 saturated carbocycles. The Balaban J connectivity index is 1.58. The minimum atomic E-state index is -0.715. The number of carboxylic acids is 1. The maximum absolute atomic E-state index is 13.8. The van der Waals surface area contributed by atoms with Crippen molar-refractivity contribution in [2.45, 2.75) is 83.8 Å². The van der Waals surface area contributed by atoms with Crippen molar-refractivity contribution < 1.29 is 19.4 Å². The molecule has 4 heteroatoms. The van der Waals surface area contributed by atoms with Gasteiger partial charge in [-0.15, -0.1) is 0 Å². The zero-order valence-corrected chi connectivity index (χ0v) is 16.3. The van der Waals surface area contributed by atoms with Gasteiger partial charge in [0, 0.05) is 11.8 Å². The van der Waals surface area contributed by atoms with E-state index in [2.05, 4.69) is 13.8 Å². The van der Waals surface area contributed by atoms with E-state index in [9.17, 15) is 14.7 Å². The summed E-state index contributed by atoms with van der Waals surface area (Å²) in [5, 5.41) is 9.60. The fraction of sp³-hybridized carbons (Fsp3) is 0.909. The molecule has 1 N–H and O–H groups in total. The summed E-state index contributed by atoms with van der Waals surface area (Å²) in [6.45, 7) is 6.40. The Bertz CT molecular complexity index is 673. The van der Waals surface area contributed by atoms with Crippen molar-refractivity contribution in [1.29, 1.82) is 0 Å². The van der Waals surface area contributed by atoms with Crippen LogP contribution < -0.4 is 0 Å². The Morgan fingerprint density at radius 2 is 1.88 bits per heavy atom. The maximum Gasteiger partial charge on any atom is 0.306 e. The molecule has 0 radical (unpaired) electrons. The van der Waals surface area contributed by atoms with Gasteiger partial charge in [0.2, 0.25) is 0 Å². The molecule has 0 aromatic rings. The monoisotopic (exact) mass is 360 g/mol. The zero-order chi connectivity index (χ0) is 18.5. The van der Waals surface area contributed by atoms with E-state index in [-0.39, 0.29) is 28.8 Å². The summed E-state index contributed by atoms with van der Waals surface area (Å²) in [5.41, 5.74) is -0.740. The highest BCUT2D eigenvalue weighted by molar-refractivity contribution is 5.91. The van der Waals surface area contributed by atoms with Crippen LogP contribution >= 0.6 is 0 Å². The third-order valence-corrected chi connectivity index (χ3v) is 9.90. The van der Waals surface area contributed by atoms with Crippen LogP contribution in [0.2, 0.25) is 0 Å². The number of hydrogen-bond acceptors (Lipinski definition) is 3. The molecule has 9 atom stereocenters. The van der Waals surface area contributed by atoms with Crippen molar-refractivity contribution in [1.82, 2.24) is 0 Å². The molecule has 144 valence electrons. The Labute approximate surface area is 156 Å². The Morgan fingerprint density at radius 3 is 2.62 bits per heavy atom. The molecule has 2 heterocycles. The van der Waals surface area contributed by atoms with E-state index in [0.29, 0.717) is 30.0 Å². The van der Waals surface area contributed by atoms with Crippen molar-refractivity contribution in [3.05, 3.63) is 0 Å². The summed E-state index contributed by atoms with van der Waals surface area (Å²) in [6, 6.07) is 0. The average Bonchev–Trinajstić information content (AvgIpc) is 2.90. The number of fused-ring (bicyclic) bond motifs is 3. The van der Waals surface area contributed by atoms with Crippen molar-refractivity contribution >= 4 is 11.8 Å². The van der Waals surface area contributed by atoms with Crippen molar-refractivity contribution in [3.8, 4) is 0 Å². The molecular weight excluding hydrogens is 328 g/mol. The largest absolute Gasteiger partial charge is 0.481 e. The van der Waals surface area contributed by atoms with Gasteiger partial charge in [0.05, 0.1) is 12.0 Å². The molecule has 26 heavy (non-hydrogen) atoms. The topological polar surface area (TPSA) is 63.6 Å². The van der Waals surface area contributed by atoms with Gasteiger partial charge < -0.3 is 9.84 Å². The summed E-state index contributed by atoms with van der Waals surface area (Å²) in [7, 11) is 0. The third-order valence-electron chi connectivity index (χ3n) is 9.90. The highest BCUT2D eigenvalue weighted by Crippen LogP contribution is 2.72. The number of hydrogen-bond donors (Lipinski definition) is 1. The number of carbonyl (C=O) groups is 2. The smallest absolute Gasteiger partial charge is 0.306 e. The molecule has 4 aliphatic carbocycles. The molecule has 6 fully saturated rings. The number of ether oxygens (including phenoxy) is 1. The molecular formula is C22H32O4. The number of rotatable bonds is 2. The van der Waals surface area contributed by atoms with Crippen LogP contribution in [0.25, 0.3) is 0 Å². The zero-order valence-electron chi connectivity index (χ0n) is 16.3. The second-order valence-corrected chi connectivity index (χ2v) is 10.6. The number of carbonyl (C=O) groups excluding carboxylic acids is 1. The minimum Gasteiger partial charge on any atom is -0.481 e. The summed E-state index contributed by atoms with van der Waals surface area (Å²) in [4.78, 5) is 25.5. The van der Waals surface area contributed by atoms with Crippen LogP contribution in [0.4, 0.5) is 0 Å². The van der Waals surface area contributed by atoms with E-state index in [1.54, 1.807) is 0 Å². The van der Waals surface area contributed by atoms with Crippen LogP contribution in [0.5, 0.6) is 0 Å². The number of aliphatic carboxylic acids is 1. The van der Waals surface area contributed by atoms with E-state index < -0.39 is 11.6 Å². The second kappa shape index (κ2) is 5.12. The molecule has 2 saturated heterocycles. The molecule has 0 amide bonds. The molecule has 2 aliphatic heterocycles. The molecule has 6 aliphatic rings. The maximum atomic E-state index is 13.8. The van der Waals surface area contributed by atoms with Crippen molar-refractivity contribution in [2.24, 2.45) is 40.4 Å². The lowest BCUT2D eigenvalue weighted by Gasteiger charge is -2.70. The van der Waals surface area contributed by atoms with E-state index >= 15 is 0 Å². The van der Waals surface area contributed by atoms with E-state index in [1.165, 1.54) is 6.42 Å². The summed E-state index contributed by atoms with van der Waals surface area (Å²) < 4.78 is 6.69. The van der Waals surface area contributed by atoms with E-state index in [4.69, 9.17) is 4.74 Å². The Hall–Kier alpha value is -0.900. The predicted octanol–water partition coefficient (Wildman–Crippen LogP) is 4.07. The van der Waals surface area contributed by atoms with Gasteiger partial charge in [-0.05, 0) is 74.0 Å². The van der Waals surface area contributed by atoms with Crippen LogP contribution in [0, 0.1) is 40.4 Å². The lowest BCUT2D eigenvalue weighted by Crippen LogP contribution is -2.75. The van der Waals surface area contributed by atoms with Gasteiger partial charge in [0.1, 0.15) is 5.60 Å². The average molecular weight is 360 g/mol. The quantitative estimate of drug-likeness (QED) is 0.806.